The normalized spacial score (nSPS) is 12.2. The minimum atomic E-state index is -3.37. The predicted molar refractivity (Wildman–Crippen MR) is 65.4 cm³/mol. The summed E-state index contributed by atoms with van der Waals surface area (Å²) in [5.74, 6) is 0.582. The molecule has 7 heteroatoms. The van der Waals surface area contributed by atoms with Gasteiger partial charge in [-0.15, -0.1) is 11.3 Å². The largest absolute Gasteiger partial charge is 0.356 e. The molecule has 2 rings (SSSR count). The van der Waals surface area contributed by atoms with E-state index < -0.39 is 10.0 Å². The van der Waals surface area contributed by atoms with E-state index >= 15 is 0 Å². The first-order chi connectivity index (χ1) is 7.91. The van der Waals surface area contributed by atoms with Crippen molar-refractivity contribution in [1.82, 2.24) is 9.46 Å². The third-order valence-electron chi connectivity index (χ3n) is 2.22. The summed E-state index contributed by atoms with van der Waals surface area (Å²) in [4.78, 5) is 0. The summed E-state index contributed by atoms with van der Waals surface area (Å²) in [7, 11) is -0.353. The van der Waals surface area contributed by atoms with E-state index in [0.717, 1.165) is 11.3 Å². The van der Waals surface area contributed by atoms with E-state index in [2.05, 4.69) is 5.16 Å². The third kappa shape index (κ3) is 2.26. The maximum atomic E-state index is 11.9. The Balaban J connectivity index is 2.41. The number of aryl methyl sites for hydroxylation is 1. The van der Waals surface area contributed by atoms with Crippen LogP contribution >= 0.6 is 11.3 Å². The molecule has 0 aromatic carbocycles. The maximum Gasteiger partial charge on any atom is 0.252 e. The van der Waals surface area contributed by atoms with Crippen LogP contribution in [-0.2, 0) is 10.0 Å². The first kappa shape index (κ1) is 12.3. The van der Waals surface area contributed by atoms with Gasteiger partial charge in [0.2, 0.25) is 0 Å². The first-order valence-electron chi connectivity index (χ1n) is 4.86. The SMILES string of the molecule is Cc1cc(-c2csc(S(=O)(=O)N(C)C)c2)on1. The van der Waals surface area contributed by atoms with Gasteiger partial charge >= 0.3 is 0 Å². The molecule has 0 bridgehead atoms. The van der Waals surface area contributed by atoms with E-state index in [9.17, 15) is 8.42 Å². The quantitative estimate of drug-likeness (QED) is 0.857. The number of thiophene rings is 1. The van der Waals surface area contributed by atoms with Crippen LogP contribution in [0.1, 0.15) is 5.69 Å². The van der Waals surface area contributed by atoms with Gasteiger partial charge in [-0.25, -0.2) is 12.7 Å². The fourth-order valence-corrected chi connectivity index (χ4v) is 3.60. The molecular formula is C10H12N2O3S2. The molecule has 0 amide bonds. The molecule has 0 aliphatic rings. The monoisotopic (exact) mass is 272 g/mol. The number of sulfonamides is 1. The zero-order valence-corrected chi connectivity index (χ0v) is 11.3. The Bertz CT molecular complexity index is 626. The summed E-state index contributed by atoms with van der Waals surface area (Å²) < 4.78 is 30.3. The Morgan fingerprint density at radius 3 is 2.59 bits per heavy atom. The molecule has 92 valence electrons. The Hall–Kier alpha value is -1.18. The lowest BCUT2D eigenvalue weighted by molar-refractivity contribution is 0.427. The van der Waals surface area contributed by atoms with Gasteiger partial charge in [0, 0.05) is 31.1 Å². The number of nitrogens with zero attached hydrogens (tertiary/aromatic N) is 2. The molecule has 0 radical (unpaired) electrons. The van der Waals surface area contributed by atoms with Crippen LogP contribution < -0.4 is 0 Å². The molecule has 2 aromatic heterocycles. The van der Waals surface area contributed by atoms with Crippen LogP contribution in [0.25, 0.3) is 11.3 Å². The molecule has 0 N–H and O–H groups in total. The second kappa shape index (κ2) is 4.25. The standard InChI is InChI=1S/C10H12N2O3S2/c1-7-4-9(15-11-7)8-5-10(16-6-8)17(13,14)12(2)3/h4-6H,1-3H3. The van der Waals surface area contributed by atoms with Crippen molar-refractivity contribution in [3.8, 4) is 11.3 Å². The molecule has 0 aliphatic carbocycles. The summed E-state index contributed by atoms with van der Waals surface area (Å²) in [6, 6.07) is 3.37. The number of hydrogen-bond donors (Lipinski definition) is 0. The fourth-order valence-electron chi connectivity index (χ4n) is 1.26. The zero-order chi connectivity index (χ0) is 12.6. The van der Waals surface area contributed by atoms with E-state index in [0.29, 0.717) is 9.97 Å². The van der Waals surface area contributed by atoms with Gasteiger partial charge in [-0.2, -0.15) is 0 Å². The van der Waals surface area contributed by atoms with Gasteiger partial charge in [-0.05, 0) is 13.0 Å². The molecule has 0 saturated carbocycles. The van der Waals surface area contributed by atoms with Crippen LogP contribution in [0, 0.1) is 6.92 Å². The predicted octanol–water partition coefficient (Wildman–Crippen LogP) is 1.96. The molecule has 17 heavy (non-hydrogen) atoms. The molecule has 5 nitrogen and oxygen atoms in total. The topological polar surface area (TPSA) is 63.4 Å². The number of rotatable bonds is 3. The van der Waals surface area contributed by atoms with Crippen molar-refractivity contribution in [2.24, 2.45) is 0 Å². The highest BCUT2D eigenvalue weighted by Gasteiger charge is 2.20. The Morgan fingerprint density at radius 1 is 1.35 bits per heavy atom. The minimum absolute atomic E-state index is 0.298. The Morgan fingerprint density at radius 2 is 2.06 bits per heavy atom. The van der Waals surface area contributed by atoms with Crippen molar-refractivity contribution in [3.05, 3.63) is 23.2 Å². The number of aromatic nitrogens is 1. The second-order valence-electron chi connectivity index (χ2n) is 3.77. The van der Waals surface area contributed by atoms with Gasteiger partial charge in [0.1, 0.15) is 4.21 Å². The lowest BCUT2D eigenvalue weighted by Crippen LogP contribution is -2.21. The summed E-state index contributed by atoms with van der Waals surface area (Å²) >= 11 is 1.17. The zero-order valence-electron chi connectivity index (χ0n) is 9.67. The Labute approximate surface area is 104 Å². The molecule has 2 aromatic rings. The van der Waals surface area contributed by atoms with Crippen molar-refractivity contribution in [3.63, 3.8) is 0 Å². The molecule has 0 unspecified atom stereocenters. The summed E-state index contributed by atoms with van der Waals surface area (Å²) in [5, 5.41) is 5.52. The fraction of sp³-hybridized carbons (Fsp3) is 0.300. The van der Waals surface area contributed by atoms with Crippen LogP contribution in [0.2, 0.25) is 0 Å². The second-order valence-corrected chi connectivity index (χ2v) is 7.06. The van der Waals surface area contributed by atoms with Crippen molar-refractivity contribution >= 4 is 21.4 Å². The van der Waals surface area contributed by atoms with Crippen LogP contribution in [0.3, 0.4) is 0 Å². The lowest BCUT2D eigenvalue weighted by atomic mass is 10.2. The van der Waals surface area contributed by atoms with Gasteiger partial charge in [0.15, 0.2) is 5.76 Å². The molecule has 2 heterocycles. The van der Waals surface area contributed by atoms with Crippen molar-refractivity contribution in [2.75, 3.05) is 14.1 Å². The molecule has 0 aliphatic heterocycles. The molecule has 0 atom stereocenters. The highest BCUT2D eigenvalue weighted by molar-refractivity contribution is 7.91. The average molecular weight is 272 g/mol. The van der Waals surface area contributed by atoms with Gasteiger partial charge in [0.25, 0.3) is 10.0 Å². The van der Waals surface area contributed by atoms with E-state index in [1.165, 1.54) is 29.7 Å². The van der Waals surface area contributed by atoms with Gasteiger partial charge in [-0.3, -0.25) is 0 Å². The lowest BCUT2D eigenvalue weighted by Gasteiger charge is -2.07. The molecular weight excluding hydrogens is 260 g/mol. The van der Waals surface area contributed by atoms with Crippen LogP contribution in [0.5, 0.6) is 0 Å². The van der Waals surface area contributed by atoms with E-state index in [1.807, 2.05) is 6.92 Å². The van der Waals surface area contributed by atoms with Crippen molar-refractivity contribution < 1.29 is 12.9 Å². The van der Waals surface area contributed by atoms with Crippen molar-refractivity contribution in [2.45, 2.75) is 11.1 Å². The average Bonchev–Trinajstić information content (AvgIpc) is 2.85. The number of hydrogen-bond acceptors (Lipinski definition) is 5. The summed E-state index contributed by atoms with van der Waals surface area (Å²) in [5.41, 5.74) is 1.50. The molecule has 0 spiro atoms. The summed E-state index contributed by atoms with van der Waals surface area (Å²) in [6.45, 7) is 1.82. The third-order valence-corrected chi connectivity index (χ3v) is 5.45. The maximum absolute atomic E-state index is 11.9. The highest BCUT2D eigenvalue weighted by atomic mass is 32.2. The molecule has 0 saturated heterocycles. The van der Waals surface area contributed by atoms with E-state index in [4.69, 9.17) is 4.52 Å². The Kier molecular flexibility index (Phi) is 3.07. The van der Waals surface area contributed by atoms with Crippen LogP contribution in [0.15, 0.2) is 26.2 Å². The van der Waals surface area contributed by atoms with Crippen LogP contribution in [-0.4, -0.2) is 32.0 Å². The highest BCUT2D eigenvalue weighted by Crippen LogP contribution is 2.29. The van der Waals surface area contributed by atoms with Gasteiger partial charge in [-0.1, -0.05) is 5.16 Å². The van der Waals surface area contributed by atoms with E-state index in [1.54, 1.807) is 17.5 Å². The van der Waals surface area contributed by atoms with Gasteiger partial charge in [0.05, 0.1) is 5.69 Å². The first-order valence-corrected chi connectivity index (χ1v) is 7.18. The van der Waals surface area contributed by atoms with E-state index in [-0.39, 0.29) is 0 Å². The van der Waals surface area contributed by atoms with Crippen LogP contribution in [0.4, 0.5) is 0 Å². The molecule has 0 fully saturated rings. The smallest absolute Gasteiger partial charge is 0.252 e. The van der Waals surface area contributed by atoms with Crippen molar-refractivity contribution in [1.29, 1.82) is 0 Å². The minimum Gasteiger partial charge on any atom is -0.356 e. The summed E-state index contributed by atoms with van der Waals surface area (Å²) in [6.07, 6.45) is 0. The van der Waals surface area contributed by atoms with Gasteiger partial charge < -0.3 is 4.52 Å².